The van der Waals surface area contributed by atoms with Crippen molar-refractivity contribution >= 4 is 11.6 Å². The molecular formula is C13H14N4O3. The van der Waals surface area contributed by atoms with Crippen LogP contribution in [0.25, 0.3) is 0 Å². The largest absolute Gasteiger partial charge is 0.481 e. The Bertz CT molecular complexity index is 614. The highest BCUT2D eigenvalue weighted by Gasteiger charge is 2.17. The number of hydrogen-bond acceptors (Lipinski definition) is 6. The van der Waals surface area contributed by atoms with Crippen LogP contribution in [0.5, 0.6) is 5.75 Å². The lowest BCUT2D eigenvalue weighted by Crippen LogP contribution is -2.02. The van der Waals surface area contributed by atoms with Gasteiger partial charge in [-0.2, -0.15) is 0 Å². The summed E-state index contributed by atoms with van der Waals surface area (Å²) in [4.78, 5) is 18.4. The van der Waals surface area contributed by atoms with Gasteiger partial charge in [-0.1, -0.05) is 6.07 Å². The van der Waals surface area contributed by atoms with Gasteiger partial charge < -0.3 is 20.2 Å². The molecule has 104 valence electrons. The second-order valence-electron chi connectivity index (χ2n) is 4.12. The molecule has 2 aromatic heterocycles. The number of nitrogens with one attached hydrogen (secondary N) is 1. The highest BCUT2D eigenvalue weighted by Crippen LogP contribution is 2.25. The van der Waals surface area contributed by atoms with Gasteiger partial charge in [-0.05, 0) is 28.1 Å². The molecule has 0 saturated carbocycles. The van der Waals surface area contributed by atoms with E-state index in [9.17, 15) is 10.1 Å². The molecule has 0 aliphatic carbocycles. The number of aryl methyl sites for hydroxylation is 1. The normalized spacial score (nSPS) is 10.1. The number of ether oxygens (including phenoxy) is 1. The van der Waals surface area contributed by atoms with Crippen molar-refractivity contribution in [2.24, 2.45) is 0 Å². The van der Waals surface area contributed by atoms with Gasteiger partial charge >= 0.3 is 5.82 Å². The van der Waals surface area contributed by atoms with Crippen LogP contribution >= 0.6 is 0 Å². The van der Waals surface area contributed by atoms with Crippen LogP contribution < -0.4 is 10.1 Å². The van der Waals surface area contributed by atoms with Crippen molar-refractivity contribution in [3.8, 4) is 5.75 Å². The molecule has 2 heterocycles. The third kappa shape index (κ3) is 3.19. The highest BCUT2D eigenvalue weighted by molar-refractivity contribution is 5.40. The molecule has 0 unspecified atom stereocenters. The van der Waals surface area contributed by atoms with Crippen LogP contribution in [0.2, 0.25) is 0 Å². The van der Waals surface area contributed by atoms with Crippen LogP contribution in [-0.4, -0.2) is 21.9 Å². The first-order valence-corrected chi connectivity index (χ1v) is 5.97. The summed E-state index contributed by atoms with van der Waals surface area (Å²) < 4.78 is 5.45. The minimum absolute atomic E-state index is 0.151. The third-order valence-corrected chi connectivity index (χ3v) is 2.63. The fraction of sp³-hybridized carbons (Fsp3) is 0.231. The van der Waals surface area contributed by atoms with Crippen molar-refractivity contribution in [3.05, 3.63) is 51.8 Å². The monoisotopic (exact) mass is 274 g/mol. The van der Waals surface area contributed by atoms with E-state index >= 15 is 0 Å². The molecule has 0 aliphatic heterocycles. The number of aromatic nitrogens is 2. The predicted octanol–water partition coefficient (Wildman–Crippen LogP) is 2.31. The smallest absolute Gasteiger partial charge is 0.406 e. The molecule has 0 amide bonds. The van der Waals surface area contributed by atoms with E-state index in [1.807, 2.05) is 6.07 Å². The van der Waals surface area contributed by atoms with Gasteiger partial charge in [0, 0.05) is 25.7 Å². The average Bonchev–Trinajstić information content (AvgIpc) is 2.46. The number of pyridine rings is 2. The van der Waals surface area contributed by atoms with Crippen molar-refractivity contribution in [2.45, 2.75) is 13.5 Å². The quantitative estimate of drug-likeness (QED) is 0.664. The first-order chi connectivity index (χ1) is 9.60. The number of rotatable bonds is 5. The lowest BCUT2D eigenvalue weighted by atomic mass is 10.3. The van der Waals surface area contributed by atoms with Crippen molar-refractivity contribution in [3.63, 3.8) is 0 Å². The van der Waals surface area contributed by atoms with Gasteiger partial charge in [0.2, 0.25) is 5.75 Å². The standard InChI is InChI=1S/C13H14N4O3/c1-9-3-5-11(13(16-9)17(18)19)20-8-10-4-6-12(14-2)15-7-10/h3-7H,8H2,1-2H3,(H,14,15). The van der Waals surface area contributed by atoms with Crippen LogP contribution in [0.3, 0.4) is 0 Å². The molecule has 0 atom stereocenters. The maximum Gasteiger partial charge on any atom is 0.406 e. The average molecular weight is 274 g/mol. The molecule has 0 aromatic carbocycles. The van der Waals surface area contributed by atoms with E-state index < -0.39 is 4.92 Å². The molecular weight excluding hydrogens is 260 g/mol. The van der Waals surface area contributed by atoms with Gasteiger partial charge in [-0.25, -0.2) is 4.98 Å². The number of nitro groups is 1. The van der Waals surface area contributed by atoms with E-state index in [4.69, 9.17) is 4.74 Å². The SMILES string of the molecule is CNc1ccc(COc2ccc(C)nc2[N+](=O)[O-])cn1. The van der Waals surface area contributed by atoms with Crippen molar-refractivity contribution < 1.29 is 9.66 Å². The maximum atomic E-state index is 10.9. The summed E-state index contributed by atoms with van der Waals surface area (Å²) in [6, 6.07) is 6.87. The Balaban J connectivity index is 2.12. The molecule has 0 bridgehead atoms. The van der Waals surface area contributed by atoms with E-state index in [2.05, 4.69) is 15.3 Å². The fourth-order valence-electron chi connectivity index (χ4n) is 1.59. The summed E-state index contributed by atoms with van der Waals surface area (Å²) in [6.45, 7) is 1.89. The van der Waals surface area contributed by atoms with Gasteiger partial charge in [-0.15, -0.1) is 0 Å². The summed E-state index contributed by atoms with van der Waals surface area (Å²) in [5.41, 5.74) is 1.39. The number of hydrogen-bond donors (Lipinski definition) is 1. The minimum Gasteiger partial charge on any atom is -0.481 e. The summed E-state index contributed by atoms with van der Waals surface area (Å²) in [5.74, 6) is 0.625. The molecule has 0 fully saturated rings. The van der Waals surface area contributed by atoms with Crippen LogP contribution in [0.15, 0.2) is 30.5 Å². The Kier molecular flexibility index (Phi) is 4.09. The first-order valence-electron chi connectivity index (χ1n) is 5.97. The highest BCUT2D eigenvalue weighted by atomic mass is 16.6. The fourth-order valence-corrected chi connectivity index (χ4v) is 1.59. The summed E-state index contributed by atoms with van der Waals surface area (Å²) in [7, 11) is 1.78. The molecule has 0 aliphatic rings. The van der Waals surface area contributed by atoms with E-state index in [1.54, 1.807) is 38.4 Å². The molecule has 20 heavy (non-hydrogen) atoms. The summed E-state index contributed by atoms with van der Waals surface area (Å²) in [5, 5.41) is 13.8. The summed E-state index contributed by atoms with van der Waals surface area (Å²) in [6.07, 6.45) is 1.65. The van der Waals surface area contributed by atoms with Gasteiger partial charge in [0.1, 0.15) is 18.1 Å². The van der Waals surface area contributed by atoms with Crippen molar-refractivity contribution in [1.29, 1.82) is 0 Å². The number of nitrogens with zero attached hydrogens (tertiary/aromatic N) is 3. The maximum absolute atomic E-state index is 10.9. The van der Waals surface area contributed by atoms with E-state index in [0.717, 1.165) is 11.4 Å². The van der Waals surface area contributed by atoms with Gasteiger partial charge in [0.25, 0.3) is 0 Å². The minimum atomic E-state index is -0.551. The van der Waals surface area contributed by atoms with Crippen LogP contribution in [0.1, 0.15) is 11.3 Å². The second kappa shape index (κ2) is 5.96. The van der Waals surface area contributed by atoms with Gasteiger partial charge in [-0.3, -0.25) is 0 Å². The van der Waals surface area contributed by atoms with Crippen LogP contribution in [-0.2, 0) is 6.61 Å². The van der Waals surface area contributed by atoms with Gasteiger partial charge in [0.05, 0.1) is 0 Å². The Hall–Kier alpha value is -2.70. The Morgan fingerprint density at radius 1 is 1.35 bits per heavy atom. The Morgan fingerprint density at radius 2 is 2.15 bits per heavy atom. The van der Waals surface area contributed by atoms with Gasteiger partial charge in [0.15, 0.2) is 0 Å². The molecule has 7 heteroatoms. The van der Waals surface area contributed by atoms with E-state index in [0.29, 0.717) is 5.69 Å². The lowest BCUT2D eigenvalue weighted by Gasteiger charge is -2.07. The van der Waals surface area contributed by atoms with E-state index in [1.165, 1.54) is 0 Å². The molecule has 0 radical (unpaired) electrons. The molecule has 2 aromatic rings. The zero-order chi connectivity index (χ0) is 14.5. The van der Waals surface area contributed by atoms with E-state index in [-0.39, 0.29) is 18.2 Å². The Morgan fingerprint density at radius 3 is 2.75 bits per heavy atom. The first kappa shape index (κ1) is 13.7. The zero-order valence-electron chi connectivity index (χ0n) is 11.2. The second-order valence-corrected chi connectivity index (χ2v) is 4.12. The van der Waals surface area contributed by atoms with Crippen molar-refractivity contribution in [1.82, 2.24) is 9.97 Å². The molecule has 1 N–H and O–H groups in total. The zero-order valence-corrected chi connectivity index (χ0v) is 11.2. The van der Waals surface area contributed by atoms with Crippen LogP contribution in [0, 0.1) is 17.0 Å². The lowest BCUT2D eigenvalue weighted by molar-refractivity contribution is -0.390. The topological polar surface area (TPSA) is 90.2 Å². The molecule has 0 spiro atoms. The molecule has 0 saturated heterocycles. The van der Waals surface area contributed by atoms with Crippen LogP contribution in [0.4, 0.5) is 11.6 Å². The summed E-state index contributed by atoms with van der Waals surface area (Å²) >= 11 is 0. The molecule has 7 nitrogen and oxygen atoms in total. The predicted molar refractivity (Wildman–Crippen MR) is 73.7 cm³/mol. The third-order valence-electron chi connectivity index (χ3n) is 2.63. The van der Waals surface area contributed by atoms with Crippen molar-refractivity contribution in [2.75, 3.05) is 12.4 Å². The Labute approximate surface area is 115 Å². The molecule has 2 rings (SSSR count). The number of anilines is 1.